The summed E-state index contributed by atoms with van der Waals surface area (Å²) in [5, 5.41) is 12.7. The Morgan fingerprint density at radius 2 is 1.74 bits per heavy atom. The van der Waals surface area contributed by atoms with Crippen LogP contribution in [0.4, 0.5) is 0 Å². The molecular formula is C23H29N5O4S2. The van der Waals surface area contributed by atoms with Gasteiger partial charge in [-0.15, -0.1) is 26.8 Å². The van der Waals surface area contributed by atoms with Crippen molar-refractivity contribution in [1.29, 1.82) is 0 Å². The van der Waals surface area contributed by atoms with Gasteiger partial charge in [0, 0.05) is 10.5 Å². The fourth-order valence-electron chi connectivity index (χ4n) is 2.84. The summed E-state index contributed by atoms with van der Waals surface area (Å²) in [6.45, 7) is 9.06. The predicted octanol–water partition coefficient (Wildman–Crippen LogP) is 3.96. The molecule has 2 atom stereocenters. The van der Waals surface area contributed by atoms with Crippen molar-refractivity contribution >= 4 is 28.8 Å². The molecule has 0 spiro atoms. The molecule has 0 aliphatic rings. The first-order valence-electron chi connectivity index (χ1n) is 10.7. The summed E-state index contributed by atoms with van der Waals surface area (Å²) >= 11 is -0.175. The fraction of sp³-hybridized carbons (Fsp3) is 0.391. The minimum Gasteiger partial charge on any atom is -0.459 e. The lowest BCUT2D eigenvalue weighted by molar-refractivity contribution is -0.161. The molecule has 0 saturated carbocycles. The summed E-state index contributed by atoms with van der Waals surface area (Å²) in [4.78, 5) is 15.4. The van der Waals surface area contributed by atoms with Gasteiger partial charge in [0.2, 0.25) is 16.9 Å². The molecule has 3 rings (SSSR count). The Hall–Kier alpha value is -2.60. The third-order valence-electron chi connectivity index (χ3n) is 4.60. The van der Waals surface area contributed by atoms with Crippen LogP contribution in [0.25, 0.3) is 17.1 Å². The van der Waals surface area contributed by atoms with Crippen LogP contribution in [0, 0.1) is 5.92 Å². The van der Waals surface area contributed by atoms with Crippen LogP contribution in [0.15, 0.2) is 58.3 Å². The number of benzene rings is 2. The summed E-state index contributed by atoms with van der Waals surface area (Å²) in [6.07, 6.45) is 2.02. The maximum absolute atomic E-state index is 12.6. The van der Waals surface area contributed by atoms with Crippen molar-refractivity contribution < 1.29 is 18.0 Å². The first-order valence-corrected chi connectivity index (χ1v) is 13.0. The molecule has 1 heterocycles. The zero-order valence-corrected chi connectivity index (χ0v) is 21.6. The number of hydrogen-bond donors (Lipinski definition) is 1. The Bertz CT molecular complexity index is 1130. The van der Waals surface area contributed by atoms with E-state index in [0.29, 0.717) is 10.7 Å². The van der Waals surface area contributed by atoms with Crippen LogP contribution in [0.3, 0.4) is 0 Å². The second-order valence-corrected chi connectivity index (χ2v) is 10.8. The number of hydroxylamine groups is 1. The molecule has 3 aromatic rings. The number of hydrogen-bond acceptors (Lipinski definition) is 9. The second kappa shape index (κ2) is 11.2. The zero-order valence-electron chi connectivity index (χ0n) is 20.0. The van der Waals surface area contributed by atoms with Gasteiger partial charge in [0.25, 0.3) is 0 Å². The molecule has 0 bridgehead atoms. The molecule has 1 N–H and O–H groups in total. The Kier molecular flexibility index (Phi) is 8.58. The van der Waals surface area contributed by atoms with E-state index < -0.39 is 28.7 Å². The van der Waals surface area contributed by atoms with Gasteiger partial charge >= 0.3 is 5.97 Å². The Labute approximate surface area is 206 Å². The van der Waals surface area contributed by atoms with Crippen molar-refractivity contribution in [3.8, 4) is 17.1 Å². The van der Waals surface area contributed by atoms with Crippen molar-refractivity contribution in [2.24, 2.45) is 5.92 Å². The molecule has 2 aromatic carbocycles. The van der Waals surface area contributed by atoms with Crippen LogP contribution >= 0.6 is 11.8 Å². The van der Waals surface area contributed by atoms with Crippen LogP contribution in [0.1, 0.15) is 34.6 Å². The van der Waals surface area contributed by atoms with Crippen molar-refractivity contribution in [2.75, 3.05) is 6.26 Å². The van der Waals surface area contributed by atoms with E-state index in [1.165, 1.54) is 4.80 Å². The largest absolute Gasteiger partial charge is 0.459 e. The highest BCUT2D eigenvalue weighted by atomic mass is 32.2. The van der Waals surface area contributed by atoms with Crippen molar-refractivity contribution in [2.45, 2.75) is 56.1 Å². The van der Waals surface area contributed by atoms with Gasteiger partial charge in [-0.1, -0.05) is 13.8 Å². The molecular weight excluding hydrogens is 474 g/mol. The summed E-state index contributed by atoms with van der Waals surface area (Å²) in [5.74, 6) is -0.151. The molecule has 1 aromatic heterocycles. The van der Waals surface area contributed by atoms with Crippen molar-refractivity contribution in [3.63, 3.8) is 0 Å². The molecule has 0 aliphatic carbocycles. The normalized spacial score (nSPS) is 13.6. The SMILES string of the molecule is CSc1ccc(-n2nnc(-c3ccc(S(=O)ONC(C(=O)OC(C)(C)C)C(C)C)cc3)n2)cc1. The van der Waals surface area contributed by atoms with Gasteiger partial charge in [0.1, 0.15) is 11.6 Å². The maximum atomic E-state index is 12.6. The van der Waals surface area contributed by atoms with Crippen LogP contribution in [-0.4, -0.2) is 48.3 Å². The number of nitrogens with one attached hydrogen (secondary N) is 1. The van der Waals surface area contributed by atoms with Crippen LogP contribution in [0.2, 0.25) is 0 Å². The predicted molar refractivity (Wildman–Crippen MR) is 131 cm³/mol. The Balaban J connectivity index is 1.64. The summed E-state index contributed by atoms with van der Waals surface area (Å²) < 4.78 is 23.3. The highest BCUT2D eigenvalue weighted by Gasteiger charge is 2.28. The van der Waals surface area contributed by atoms with Gasteiger partial charge in [0.05, 0.1) is 10.6 Å². The van der Waals surface area contributed by atoms with E-state index >= 15 is 0 Å². The van der Waals surface area contributed by atoms with E-state index in [1.54, 1.807) is 56.8 Å². The second-order valence-electron chi connectivity index (χ2n) is 8.82. The molecule has 182 valence electrons. The average Bonchev–Trinajstić information content (AvgIpc) is 3.28. The summed E-state index contributed by atoms with van der Waals surface area (Å²) in [6, 6.07) is 13.9. The smallest absolute Gasteiger partial charge is 0.326 e. The van der Waals surface area contributed by atoms with Crippen LogP contribution < -0.4 is 5.48 Å². The average molecular weight is 504 g/mol. The van der Waals surface area contributed by atoms with Gasteiger partial charge in [-0.3, -0.25) is 4.79 Å². The number of rotatable bonds is 9. The van der Waals surface area contributed by atoms with Crippen LogP contribution in [-0.2, 0) is 24.9 Å². The van der Waals surface area contributed by atoms with E-state index in [9.17, 15) is 9.00 Å². The van der Waals surface area contributed by atoms with Gasteiger partial charge in [-0.05, 0) is 86.7 Å². The maximum Gasteiger partial charge on any atom is 0.326 e. The molecule has 9 nitrogen and oxygen atoms in total. The number of nitrogens with zero attached hydrogens (tertiary/aromatic N) is 4. The molecule has 2 unspecified atom stereocenters. The number of aromatic nitrogens is 4. The number of tetrazole rings is 1. The van der Waals surface area contributed by atoms with Crippen molar-refractivity contribution in [3.05, 3.63) is 48.5 Å². The summed E-state index contributed by atoms with van der Waals surface area (Å²) in [7, 11) is 0. The van der Waals surface area contributed by atoms with Gasteiger partial charge in [-0.2, -0.15) is 9.76 Å². The quantitative estimate of drug-likeness (QED) is 0.264. The minimum atomic E-state index is -1.84. The molecule has 0 aliphatic heterocycles. The standard InChI is InChI=1S/C23H29N5O4S2/c1-15(2)20(22(29)31-23(3,4)5)26-32-34(30)19-13-7-16(8-14-19)21-24-27-28(25-21)17-9-11-18(33-6)12-10-17/h7-15,20,26H,1-6H3. The van der Waals surface area contributed by atoms with Crippen molar-refractivity contribution in [1.82, 2.24) is 25.7 Å². The molecule has 11 heteroatoms. The monoisotopic (exact) mass is 503 g/mol. The number of thioether (sulfide) groups is 1. The number of ether oxygens (including phenoxy) is 1. The fourth-order valence-corrected chi connectivity index (χ4v) is 3.89. The van der Waals surface area contributed by atoms with E-state index in [1.807, 2.05) is 44.4 Å². The molecule has 0 saturated heterocycles. The van der Waals surface area contributed by atoms with Gasteiger partial charge in [0.15, 0.2) is 0 Å². The lowest BCUT2D eigenvalue weighted by Crippen LogP contribution is -2.44. The lowest BCUT2D eigenvalue weighted by Gasteiger charge is -2.25. The van der Waals surface area contributed by atoms with E-state index in [4.69, 9.17) is 9.02 Å². The highest BCUT2D eigenvalue weighted by Crippen LogP contribution is 2.20. The van der Waals surface area contributed by atoms with Crippen LogP contribution in [0.5, 0.6) is 0 Å². The number of carbonyl (C=O) groups excluding carboxylic acids is 1. The van der Waals surface area contributed by atoms with Gasteiger partial charge < -0.3 is 4.74 Å². The van der Waals surface area contributed by atoms with E-state index in [-0.39, 0.29) is 5.92 Å². The molecule has 0 fully saturated rings. The highest BCUT2D eigenvalue weighted by molar-refractivity contribution is 7.98. The summed E-state index contributed by atoms with van der Waals surface area (Å²) in [5.41, 5.74) is 3.49. The molecule has 34 heavy (non-hydrogen) atoms. The third-order valence-corrected chi connectivity index (χ3v) is 6.25. The number of carbonyl (C=O) groups is 1. The van der Waals surface area contributed by atoms with E-state index in [0.717, 1.165) is 16.1 Å². The molecule has 0 radical (unpaired) electrons. The first-order chi connectivity index (χ1) is 16.1. The minimum absolute atomic E-state index is 0.125. The third kappa shape index (κ3) is 6.95. The Morgan fingerprint density at radius 1 is 1.09 bits per heavy atom. The first kappa shape index (κ1) is 26.0. The molecule has 0 amide bonds. The number of esters is 1. The zero-order chi connectivity index (χ0) is 24.9. The Morgan fingerprint density at radius 3 is 2.29 bits per heavy atom. The topological polar surface area (TPSA) is 108 Å². The lowest BCUT2D eigenvalue weighted by atomic mass is 10.1. The van der Waals surface area contributed by atoms with Gasteiger partial charge in [-0.25, -0.2) is 4.21 Å². The van der Waals surface area contributed by atoms with E-state index in [2.05, 4.69) is 20.9 Å².